The van der Waals surface area contributed by atoms with Gasteiger partial charge in [-0.25, -0.2) is 0 Å². The Labute approximate surface area is 98.8 Å². The molecule has 12 heteroatoms. The van der Waals surface area contributed by atoms with Gasteiger partial charge in [-0.3, -0.25) is 0 Å². The molecule has 0 saturated carbocycles. The molecule has 14 N–H and O–H groups in total. The van der Waals surface area contributed by atoms with Crippen molar-refractivity contribution in [2.45, 2.75) is 0 Å². The normalized spacial score (nSPS) is 5.36. The summed E-state index contributed by atoms with van der Waals surface area (Å²) in [6, 6.07) is 0. The molecule has 0 rings (SSSR count). The molecule has 0 radical (unpaired) electrons. The van der Waals surface area contributed by atoms with Gasteiger partial charge in [0, 0.05) is 0 Å². The van der Waals surface area contributed by atoms with Gasteiger partial charge in [-0.1, -0.05) is 0 Å². The van der Waals surface area contributed by atoms with E-state index in [-0.39, 0.29) is 46.1 Å². The van der Waals surface area contributed by atoms with Gasteiger partial charge in [0.2, 0.25) is 0 Å². The average molecular weight is 473 g/mol. The number of hydrogen-bond acceptors (Lipinski definition) is 2. The third-order valence-electron chi connectivity index (χ3n) is 0.1000. The van der Waals surface area contributed by atoms with Crippen LogP contribution in [0.4, 0.5) is 0 Å². The quantitative estimate of drug-likeness (QED) is 0.364. The van der Waals surface area contributed by atoms with Crippen molar-refractivity contribution in [3.63, 3.8) is 0 Å². The Morgan fingerprint density at radius 1 is 0.643 bits per heavy atom. The van der Waals surface area contributed by atoms with E-state index < -0.39 is 15.2 Å². The van der Waals surface area contributed by atoms with Gasteiger partial charge >= 0.3 is 42.8 Å². The van der Waals surface area contributed by atoms with Crippen LogP contribution >= 0.6 is 27.6 Å². The molecule has 106 valence electrons. The molecule has 0 aromatic rings. The van der Waals surface area contributed by atoms with E-state index >= 15 is 0 Å². The van der Waals surface area contributed by atoms with Crippen LogP contribution in [-0.2, 0) is 15.2 Å². The molecule has 0 spiro atoms. The summed E-state index contributed by atoms with van der Waals surface area (Å²) in [7, 11) is 14.9. The van der Waals surface area contributed by atoms with Gasteiger partial charge in [0.15, 0.2) is 0 Å². The van der Waals surface area contributed by atoms with Crippen molar-refractivity contribution in [3.8, 4) is 0 Å². The second-order valence-electron chi connectivity index (χ2n) is 0.576. The fourth-order valence-corrected chi connectivity index (χ4v) is 0. The summed E-state index contributed by atoms with van der Waals surface area (Å²) in [5, 5.41) is 15.2. The van der Waals surface area contributed by atoms with E-state index in [0.717, 1.165) is 0 Å². The van der Waals surface area contributed by atoms with Crippen molar-refractivity contribution in [2.75, 3.05) is 13.2 Å². The molecule has 0 aliphatic carbocycles. The minimum absolute atomic E-state index is 0. The molecule has 0 saturated heterocycles. The van der Waals surface area contributed by atoms with Crippen molar-refractivity contribution < 1.29 is 58.3 Å². The number of halogens is 3. The molecule has 0 atom stereocenters. The maximum absolute atomic E-state index is 7.62. The molecular formula is C2H18AuCl3O8. The van der Waals surface area contributed by atoms with Crippen LogP contribution in [0.3, 0.4) is 0 Å². The Hall–Kier alpha value is 1.29. The zero-order valence-corrected chi connectivity index (χ0v) is 11.2. The molecule has 0 amide bonds. The first kappa shape index (κ1) is 58.8. The van der Waals surface area contributed by atoms with E-state index in [1.54, 1.807) is 0 Å². The van der Waals surface area contributed by atoms with Crippen molar-refractivity contribution in [1.29, 1.82) is 0 Å². The molecule has 0 unspecified atom stereocenters. The summed E-state index contributed by atoms with van der Waals surface area (Å²) in [5.41, 5.74) is 0. The number of rotatable bonds is 1. The van der Waals surface area contributed by atoms with Crippen molar-refractivity contribution in [2.24, 2.45) is 0 Å². The number of aliphatic hydroxyl groups excluding tert-OH is 2. The van der Waals surface area contributed by atoms with Gasteiger partial charge in [0.1, 0.15) is 0 Å². The van der Waals surface area contributed by atoms with Gasteiger partial charge in [0.05, 0.1) is 13.2 Å². The SMILES string of the molecule is O.O.O.O.O.O.OCCO.[Cl][Au]([Cl])[Cl]. The molecule has 0 aromatic carbocycles. The predicted octanol–water partition coefficient (Wildman–Crippen LogP) is -3.91. The van der Waals surface area contributed by atoms with Crippen LogP contribution in [0, 0.1) is 0 Å². The third kappa shape index (κ3) is 383. The predicted molar refractivity (Wildman–Crippen MR) is 53.4 cm³/mol. The second-order valence-corrected chi connectivity index (χ2v) is 9.97. The fraction of sp³-hybridized carbons (Fsp3) is 1.00. The van der Waals surface area contributed by atoms with E-state index in [0.29, 0.717) is 0 Å². The molecule has 0 bridgehead atoms. The number of hydrogen-bond donors (Lipinski definition) is 2. The van der Waals surface area contributed by atoms with E-state index in [4.69, 9.17) is 37.8 Å². The molecule has 0 aromatic heterocycles. The summed E-state index contributed by atoms with van der Waals surface area (Å²) in [6.45, 7) is -0.250. The summed E-state index contributed by atoms with van der Waals surface area (Å²) in [4.78, 5) is 0. The maximum atomic E-state index is 7.62. The second kappa shape index (κ2) is 63.8. The van der Waals surface area contributed by atoms with Crippen LogP contribution in [0.25, 0.3) is 0 Å². The summed E-state index contributed by atoms with van der Waals surface area (Å²) >= 11 is -1.79. The Bertz CT molecular complexity index is 39.0. The molecule has 14 heavy (non-hydrogen) atoms. The molecule has 0 fully saturated rings. The van der Waals surface area contributed by atoms with Gasteiger partial charge in [-0.2, -0.15) is 0 Å². The fourth-order valence-electron chi connectivity index (χ4n) is 0. The Morgan fingerprint density at radius 3 is 0.714 bits per heavy atom. The van der Waals surface area contributed by atoms with Gasteiger partial charge in [0.25, 0.3) is 0 Å². The van der Waals surface area contributed by atoms with Gasteiger partial charge in [-0.05, 0) is 0 Å². The van der Waals surface area contributed by atoms with Crippen LogP contribution in [0.5, 0.6) is 0 Å². The Kier molecular flexibility index (Phi) is 268. The molecule has 0 heterocycles. The third-order valence-corrected chi connectivity index (χ3v) is 0.1000. The topological polar surface area (TPSA) is 229 Å². The van der Waals surface area contributed by atoms with Crippen LogP contribution in [0.15, 0.2) is 0 Å². The molecule has 8 nitrogen and oxygen atoms in total. The van der Waals surface area contributed by atoms with E-state index in [2.05, 4.69) is 0 Å². The van der Waals surface area contributed by atoms with Crippen LogP contribution in [-0.4, -0.2) is 56.3 Å². The van der Waals surface area contributed by atoms with Crippen LogP contribution in [0.1, 0.15) is 0 Å². The van der Waals surface area contributed by atoms with Gasteiger partial charge < -0.3 is 43.1 Å². The van der Waals surface area contributed by atoms with Crippen molar-refractivity contribution in [1.82, 2.24) is 0 Å². The summed E-state index contributed by atoms with van der Waals surface area (Å²) in [6.07, 6.45) is 0. The zero-order chi connectivity index (χ0) is 6.99. The van der Waals surface area contributed by atoms with Crippen LogP contribution < -0.4 is 0 Å². The first-order valence-corrected chi connectivity index (χ1v) is 9.53. The first-order valence-electron chi connectivity index (χ1n) is 1.47. The zero-order valence-electron chi connectivity index (χ0n) is 6.74. The standard InChI is InChI=1S/C2H6O2.Au.3ClH.6H2O/c3-1-2-4;;;;;;;;;;/h3-4H,1-2H2;;3*1H;6*1H2/q;+3;;;;;;;;;/p-3. The van der Waals surface area contributed by atoms with E-state index in [1.165, 1.54) is 0 Å². The van der Waals surface area contributed by atoms with Crippen LogP contribution in [0.2, 0.25) is 0 Å². The van der Waals surface area contributed by atoms with E-state index in [9.17, 15) is 0 Å². The summed E-state index contributed by atoms with van der Waals surface area (Å²) in [5.74, 6) is 0. The summed E-state index contributed by atoms with van der Waals surface area (Å²) < 4.78 is 0. The number of aliphatic hydroxyl groups is 2. The minimum atomic E-state index is -1.79. The molecular weight excluding hydrogens is 455 g/mol. The van der Waals surface area contributed by atoms with Crippen molar-refractivity contribution >= 4 is 27.6 Å². The molecule has 0 aliphatic heterocycles. The average Bonchev–Trinajstić information content (AvgIpc) is 1.65. The Balaban J connectivity index is -0.00000000600. The molecule has 0 aliphatic rings. The Morgan fingerprint density at radius 2 is 0.714 bits per heavy atom. The van der Waals surface area contributed by atoms with Gasteiger partial charge in [-0.15, -0.1) is 0 Å². The monoisotopic (exact) mass is 472 g/mol. The first-order chi connectivity index (χ1) is 3.65. The van der Waals surface area contributed by atoms with E-state index in [1.807, 2.05) is 0 Å². The van der Waals surface area contributed by atoms with Crippen molar-refractivity contribution in [3.05, 3.63) is 0 Å².